The Bertz CT molecular complexity index is 932. The summed E-state index contributed by atoms with van der Waals surface area (Å²) in [6, 6.07) is 16.0. The fraction of sp³-hybridized carbons (Fsp3) is 0.100. The zero-order valence-corrected chi connectivity index (χ0v) is 14.1. The highest BCUT2D eigenvalue weighted by Crippen LogP contribution is 2.32. The number of hydrogen-bond acceptors (Lipinski definition) is 3. The minimum atomic E-state index is -2.86. The molecule has 1 amide bonds. The van der Waals surface area contributed by atoms with E-state index in [9.17, 15) is 13.6 Å². The molecule has 3 rings (SSSR count). The molecule has 0 bridgehead atoms. The zero-order valence-electron chi connectivity index (χ0n) is 14.1. The number of carboxylic acid groups (broad SMARTS) is 1. The predicted octanol–water partition coefficient (Wildman–Crippen LogP) is 4.57. The second-order valence-electron chi connectivity index (χ2n) is 5.91. The molecule has 0 fully saturated rings. The van der Waals surface area contributed by atoms with Crippen LogP contribution in [0.4, 0.5) is 19.3 Å². The van der Waals surface area contributed by atoms with Gasteiger partial charge in [0.15, 0.2) is 0 Å². The maximum absolute atomic E-state index is 13.1. The van der Waals surface area contributed by atoms with E-state index in [2.05, 4.69) is 4.98 Å². The molecule has 3 aromatic rings. The zero-order chi connectivity index (χ0) is 19.4. The summed E-state index contributed by atoms with van der Waals surface area (Å²) in [6.45, 7) is 0. The maximum Gasteiger partial charge on any atom is 0.405 e. The topological polar surface area (TPSA) is 88.2 Å². The van der Waals surface area contributed by atoms with E-state index in [0.29, 0.717) is 16.9 Å². The minimum Gasteiger partial charge on any atom is -0.465 e. The van der Waals surface area contributed by atoms with Gasteiger partial charge in [-0.15, -0.1) is 0 Å². The Kier molecular flexibility index (Phi) is 5.30. The third-order valence-electron chi connectivity index (χ3n) is 4.07. The number of nitrogens with zero attached hydrogens (tertiary/aromatic N) is 1. The van der Waals surface area contributed by atoms with Crippen LogP contribution >= 0.6 is 0 Å². The van der Waals surface area contributed by atoms with Crippen molar-refractivity contribution in [3.8, 4) is 22.4 Å². The minimum absolute atomic E-state index is 0.174. The number of amides is 1. The summed E-state index contributed by atoms with van der Waals surface area (Å²) in [6.07, 6.45) is -2.83. The van der Waals surface area contributed by atoms with Gasteiger partial charge < -0.3 is 16.2 Å². The molecule has 4 N–H and O–H groups in total. The molecule has 0 aliphatic carbocycles. The van der Waals surface area contributed by atoms with Crippen LogP contribution in [0, 0.1) is 0 Å². The van der Waals surface area contributed by atoms with Gasteiger partial charge in [0.25, 0.3) is 6.43 Å². The van der Waals surface area contributed by atoms with Gasteiger partial charge in [0.05, 0.1) is 17.6 Å². The Labute approximate surface area is 154 Å². The summed E-state index contributed by atoms with van der Waals surface area (Å²) in [5.41, 5.74) is 9.67. The number of rotatable bonds is 5. The Morgan fingerprint density at radius 1 is 1.04 bits per heavy atom. The highest BCUT2D eigenvalue weighted by atomic mass is 19.3. The summed E-state index contributed by atoms with van der Waals surface area (Å²) in [4.78, 5) is 15.1. The molecule has 1 heterocycles. The molecule has 0 saturated heterocycles. The SMILES string of the molecule is Nc1cnc(-c2ccc([C@H](NC(=O)O)C(F)F)cc2)c(-c2ccccc2)c1. The van der Waals surface area contributed by atoms with E-state index in [4.69, 9.17) is 10.8 Å². The number of benzene rings is 2. The molecule has 2 aromatic carbocycles. The molecule has 1 atom stereocenters. The summed E-state index contributed by atoms with van der Waals surface area (Å²) in [7, 11) is 0. The van der Waals surface area contributed by atoms with Crippen molar-refractivity contribution in [2.24, 2.45) is 0 Å². The van der Waals surface area contributed by atoms with Crippen LogP contribution < -0.4 is 11.1 Å². The molecule has 0 radical (unpaired) electrons. The molecule has 0 spiro atoms. The van der Waals surface area contributed by atoms with E-state index in [1.54, 1.807) is 18.2 Å². The van der Waals surface area contributed by atoms with Crippen molar-refractivity contribution in [1.29, 1.82) is 0 Å². The Hall–Kier alpha value is -3.48. The highest BCUT2D eigenvalue weighted by Gasteiger charge is 2.24. The largest absolute Gasteiger partial charge is 0.465 e. The monoisotopic (exact) mass is 369 g/mol. The number of anilines is 1. The molecule has 0 saturated carbocycles. The Morgan fingerprint density at radius 2 is 1.70 bits per heavy atom. The van der Waals surface area contributed by atoms with E-state index >= 15 is 0 Å². The van der Waals surface area contributed by atoms with Gasteiger partial charge in [0.1, 0.15) is 6.04 Å². The Balaban J connectivity index is 2.00. The van der Waals surface area contributed by atoms with Gasteiger partial charge in [-0.3, -0.25) is 4.98 Å². The van der Waals surface area contributed by atoms with Gasteiger partial charge in [-0.05, 0) is 17.2 Å². The van der Waals surface area contributed by atoms with Crippen molar-refractivity contribution in [1.82, 2.24) is 10.3 Å². The van der Waals surface area contributed by atoms with Crippen LogP contribution in [0.15, 0.2) is 66.9 Å². The van der Waals surface area contributed by atoms with Crippen LogP contribution in [0.2, 0.25) is 0 Å². The number of nitrogens with one attached hydrogen (secondary N) is 1. The Morgan fingerprint density at radius 3 is 2.30 bits per heavy atom. The molecule has 7 heteroatoms. The van der Waals surface area contributed by atoms with Crippen molar-refractivity contribution >= 4 is 11.8 Å². The van der Waals surface area contributed by atoms with Gasteiger partial charge in [0.2, 0.25) is 0 Å². The quantitative estimate of drug-likeness (QED) is 0.615. The van der Waals surface area contributed by atoms with Gasteiger partial charge in [-0.2, -0.15) is 0 Å². The van der Waals surface area contributed by atoms with Crippen LogP contribution in [0.25, 0.3) is 22.4 Å². The first-order valence-electron chi connectivity index (χ1n) is 8.14. The third-order valence-corrected chi connectivity index (χ3v) is 4.07. The smallest absolute Gasteiger partial charge is 0.405 e. The first kappa shape index (κ1) is 18.3. The van der Waals surface area contributed by atoms with Crippen LogP contribution in [-0.4, -0.2) is 22.6 Å². The van der Waals surface area contributed by atoms with Crippen molar-refractivity contribution in [3.05, 3.63) is 72.4 Å². The molecule has 0 unspecified atom stereocenters. The number of pyridine rings is 1. The molecule has 138 valence electrons. The number of halogens is 2. The lowest BCUT2D eigenvalue weighted by Crippen LogP contribution is -2.31. The van der Waals surface area contributed by atoms with Gasteiger partial charge >= 0.3 is 6.09 Å². The predicted molar refractivity (Wildman–Crippen MR) is 99.4 cm³/mol. The van der Waals surface area contributed by atoms with Crippen LogP contribution in [0.5, 0.6) is 0 Å². The summed E-state index contributed by atoms with van der Waals surface area (Å²) in [5, 5.41) is 10.6. The van der Waals surface area contributed by atoms with Gasteiger partial charge in [-0.25, -0.2) is 13.6 Å². The molecular formula is C20H17F2N3O2. The lowest BCUT2D eigenvalue weighted by molar-refractivity contribution is 0.0944. The van der Waals surface area contributed by atoms with E-state index in [1.165, 1.54) is 18.3 Å². The maximum atomic E-state index is 13.1. The molecule has 27 heavy (non-hydrogen) atoms. The average Bonchev–Trinajstić information content (AvgIpc) is 2.67. The second kappa shape index (κ2) is 7.82. The molecular weight excluding hydrogens is 352 g/mol. The number of aromatic nitrogens is 1. The molecule has 5 nitrogen and oxygen atoms in total. The fourth-order valence-electron chi connectivity index (χ4n) is 2.82. The summed E-state index contributed by atoms with van der Waals surface area (Å²) in [5.74, 6) is 0. The van der Waals surface area contributed by atoms with E-state index in [-0.39, 0.29) is 5.56 Å². The average molecular weight is 369 g/mol. The molecule has 0 aliphatic heterocycles. The van der Waals surface area contributed by atoms with Gasteiger partial charge in [0, 0.05) is 11.1 Å². The number of nitrogens with two attached hydrogens (primary N) is 1. The standard InChI is InChI=1S/C20H17F2N3O2/c21-19(22)18(25-20(26)27)14-8-6-13(7-9-14)17-16(10-15(23)11-24-17)12-4-2-1-3-5-12/h1-11,18-19,25H,23H2,(H,26,27)/t18-/m0/s1. The normalized spacial score (nSPS) is 12.0. The lowest BCUT2D eigenvalue weighted by atomic mass is 9.97. The molecule has 1 aromatic heterocycles. The number of nitrogen functional groups attached to an aromatic ring is 1. The van der Waals surface area contributed by atoms with Crippen LogP contribution in [0.3, 0.4) is 0 Å². The number of hydrogen-bond donors (Lipinski definition) is 3. The van der Waals surface area contributed by atoms with Crippen molar-refractivity contribution in [3.63, 3.8) is 0 Å². The number of carbonyl (C=O) groups is 1. The first-order valence-corrected chi connectivity index (χ1v) is 8.14. The fourth-order valence-corrected chi connectivity index (χ4v) is 2.82. The van der Waals surface area contributed by atoms with E-state index < -0.39 is 18.6 Å². The van der Waals surface area contributed by atoms with Crippen LogP contribution in [0.1, 0.15) is 11.6 Å². The lowest BCUT2D eigenvalue weighted by Gasteiger charge is -2.17. The van der Waals surface area contributed by atoms with Crippen molar-refractivity contribution in [2.45, 2.75) is 12.5 Å². The van der Waals surface area contributed by atoms with Crippen molar-refractivity contribution in [2.75, 3.05) is 5.73 Å². The summed E-state index contributed by atoms with van der Waals surface area (Å²) >= 11 is 0. The van der Waals surface area contributed by atoms with E-state index in [0.717, 1.165) is 11.1 Å². The van der Waals surface area contributed by atoms with Crippen molar-refractivity contribution < 1.29 is 18.7 Å². The highest BCUT2D eigenvalue weighted by molar-refractivity contribution is 5.82. The van der Waals surface area contributed by atoms with E-state index in [1.807, 2.05) is 35.6 Å². The number of alkyl halides is 2. The third kappa shape index (κ3) is 4.20. The summed E-state index contributed by atoms with van der Waals surface area (Å²) < 4.78 is 26.3. The van der Waals surface area contributed by atoms with Gasteiger partial charge in [-0.1, -0.05) is 54.6 Å². The first-order chi connectivity index (χ1) is 13.0. The van der Waals surface area contributed by atoms with Crippen LogP contribution in [-0.2, 0) is 0 Å². The second-order valence-corrected chi connectivity index (χ2v) is 5.91. The molecule has 0 aliphatic rings.